The largest absolute Gasteiger partial charge is 0.384 e. The van der Waals surface area contributed by atoms with Crippen LogP contribution in [0.15, 0.2) is 36.5 Å². The van der Waals surface area contributed by atoms with Crippen molar-refractivity contribution < 1.29 is 4.39 Å². The van der Waals surface area contributed by atoms with E-state index in [-0.39, 0.29) is 5.82 Å². The van der Waals surface area contributed by atoms with E-state index >= 15 is 0 Å². The van der Waals surface area contributed by atoms with Gasteiger partial charge in [-0.1, -0.05) is 12.1 Å². The molecule has 0 saturated heterocycles. The molecule has 4 heteroatoms. The Bertz CT molecular complexity index is 457. The molecular weight excluding hydrogens is 181 g/mol. The van der Waals surface area contributed by atoms with Gasteiger partial charge in [0.15, 0.2) is 5.82 Å². The lowest BCUT2D eigenvalue weighted by Gasteiger charge is -2.01. The number of anilines is 1. The molecule has 2 rings (SSSR count). The van der Waals surface area contributed by atoms with Crippen LogP contribution >= 0.6 is 0 Å². The molecule has 3 nitrogen and oxygen atoms in total. The Morgan fingerprint density at radius 2 is 1.93 bits per heavy atom. The molecule has 1 heterocycles. The van der Waals surface area contributed by atoms with Crippen molar-refractivity contribution in [1.29, 1.82) is 0 Å². The van der Waals surface area contributed by atoms with E-state index in [1.165, 1.54) is 12.3 Å². The summed E-state index contributed by atoms with van der Waals surface area (Å²) in [5, 5.41) is 0. The second-order valence-electron chi connectivity index (χ2n) is 2.78. The molecule has 0 radical (unpaired) electrons. The van der Waals surface area contributed by atoms with Gasteiger partial charge < -0.3 is 5.73 Å². The van der Waals surface area contributed by atoms with Crippen LogP contribution in [0.25, 0.3) is 11.4 Å². The van der Waals surface area contributed by atoms with Gasteiger partial charge in [0.25, 0.3) is 0 Å². The SMILES string of the molecule is Nc1ccnc(-c2ccccc2F)n1. The number of benzene rings is 1. The van der Waals surface area contributed by atoms with Crippen molar-refractivity contribution in [3.63, 3.8) is 0 Å². The number of nitrogen functional groups attached to an aromatic ring is 1. The second kappa shape index (κ2) is 3.41. The zero-order valence-electron chi connectivity index (χ0n) is 7.31. The Balaban J connectivity index is 2.55. The molecule has 1 aromatic heterocycles. The number of hydrogen-bond acceptors (Lipinski definition) is 3. The summed E-state index contributed by atoms with van der Waals surface area (Å²) in [6.45, 7) is 0. The average Bonchev–Trinajstić information content (AvgIpc) is 2.18. The first-order valence-electron chi connectivity index (χ1n) is 4.11. The van der Waals surface area contributed by atoms with Gasteiger partial charge in [0, 0.05) is 6.20 Å². The lowest BCUT2D eigenvalue weighted by atomic mass is 10.2. The molecule has 2 N–H and O–H groups in total. The summed E-state index contributed by atoms with van der Waals surface area (Å²) in [4.78, 5) is 7.87. The molecule has 0 bridgehead atoms. The molecule has 0 aliphatic heterocycles. The topological polar surface area (TPSA) is 51.8 Å². The summed E-state index contributed by atoms with van der Waals surface area (Å²) in [5.41, 5.74) is 5.83. The summed E-state index contributed by atoms with van der Waals surface area (Å²) < 4.78 is 13.3. The highest BCUT2D eigenvalue weighted by Crippen LogP contribution is 2.18. The molecule has 14 heavy (non-hydrogen) atoms. The van der Waals surface area contributed by atoms with E-state index in [0.717, 1.165) is 0 Å². The van der Waals surface area contributed by atoms with Gasteiger partial charge >= 0.3 is 0 Å². The van der Waals surface area contributed by atoms with Gasteiger partial charge in [-0.25, -0.2) is 14.4 Å². The minimum absolute atomic E-state index is 0.308. The average molecular weight is 189 g/mol. The maximum Gasteiger partial charge on any atom is 0.164 e. The number of hydrogen-bond donors (Lipinski definition) is 1. The minimum atomic E-state index is -0.349. The summed E-state index contributed by atoms with van der Waals surface area (Å²) in [6.07, 6.45) is 1.50. The Labute approximate surface area is 80.4 Å². The lowest BCUT2D eigenvalue weighted by molar-refractivity contribution is 0.630. The minimum Gasteiger partial charge on any atom is -0.384 e. The fourth-order valence-electron chi connectivity index (χ4n) is 1.14. The summed E-state index contributed by atoms with van der Waals surface area (Å²) in [7, 11) is 0. The molecule has 0 atom stereocenters. The molecule has 0 spiro atoms. The second-order valence-corrected chi connectivity index (χ2v) is 2.78. The number of rotatable bonds is 1. The highest BCUT2D eigenvalue weighted by Gasteiger charge is 2.06. The third-order valence-electron chi connectivity index (χ3n) is 1.79. The van der Waals surface area contributed by atoms with Gasteiger partial charge in [-0.3, -0.25) is 0 Å². The number of nitrogens with two attached hydrogens (primary N) is 1. The van der Waals surface area contributed by atoms with Crippen molar-refractivity contribution in [3.05, 3.63) is 42.3 Å². The predicted molar refractivity (Wildman–Crippen MR) is 51.8 cm³/mol. The van der Waals surface area contributed by atoms with E-state index in [1.807, 2.05) is 0 Å². The van der Waals surface area contributed by atoms with E-state index in [4.69, 9.17) is 5.73 Å². The van der Waals surface area contributed by atoms with Crippen LogP contribution in [0, 0.1) is 5.82 Å². The maximum atomic E-state index is 13.3. The van der Waals surface area contributed by atoms with E-state index < -0.39 is 0 Å². The van der Waals surface area contributed by atoms with Crippen LogP contribution in [0.5, 0.6) is 0 Å². The molecule has 70 valence electrons. The Kier molecular flexibility index (Phi) is 2.10. The molecule has 0 fully saturated rings. The maximum absolute atomic E-state index is 13.3. The first-order valence-corrected chi connectivity index (χ1v) is 4.11. The van der Waals surface area contributed by atoms with Crippen molar-refractivity contribution in [3.8, 4) is 11.4 Å². The Morgan fingerprint density at radius 1 is 1.14 bits per heavy atom. The van der Waals surface area contributed by atoms with Crippen LogP contribution in [-0.4, -0.2) is 9.97 Å². The van der Waals surface area contributed by atoms with Crippen molar-refractivity contribution in [2.24, 2.45) is 0 Å². The number of aromatic nitrogens is 2. The van der Waals surface area contributed by atoms with Gasteiger partial charge in [-0.2, -0.15) is 0 Å². The molecule has 0 amide bonds. The van der Waals surface area contributed by atoms with Crippen LogP contribution in [0.4, 0.5) is 10.2 Å². The number of halogens is 1. The van der Waals surface area contributed by atoms with Crippen LogP contribution in [-0.2, 0) is 0 Å². The lowest BCUT2D eigenvalue weighted by Crippen LogP contribution is -1.95. The fraction of sp³-hybridized carbons (Fsp3) is 0. The molecule has 0 aliphatic rings. The van der Waals surface area contributed by atoms with Crippen molar-refractivity contribution in [1.82, 2.24) is 9.97 Å². The Morgan fingerprint density at radius 3 is 2.64 bits per heavy atom. The fourth-order valence-corrected chi connectivity index (χ4v) is 1.14. The molecule has 0 saturated carbocycles. The molecule has 1 aromatic carbocycles. The summed E-state index contributed by atoms with van der Waals surface area (Å²) in [5.74, 6) is 0.291. The predicted octanol–water partition coefficient (Wildman–Crippen LogP) is 1.86. The highest BCUT2D eigenvalue weighted by atomic mass is 19.1. The first-order chi connectivity index (χ1) is 6.77. The normalized spacial score (nSPS) is 10.1. The molecule has 0 unspecified atom stereocenters. The Hall–Kier alpha value is -1.97. The first kappa shape index (κ1) is 8.62. The van der Waals surface area contributed by atoms with Gasteiger partial charge in [-0.05, 0) is 18.2 Å². The van der Waals surface area contributed by atoms with Crippen LogP contribution in [0.2, 0.25) is 0 Å². The highest BCUT2D eigenvalue weighted by molar-refractivity contribution is 5.56. The van der Waals surface area contributed by atoms with Crippen molar-refractivity contribution in [2.45, 2.75) is 0 Å². The van der Waals surface area contributed by atoms with Gasteiger partial charge in [-0.15, -0.1) is 0 Å². The summed E-state index contributed by atoms with van der Waals surface area (Å²) >= 11 is 0. The molecule has 0 aliphatic carbocycles. The third-order valence-corrected chi connectivity index (χ3v) is 1.79. The van der Waals surface area contributed by atoms with Crippen LogP contribution < -0.4 is 5.73 Å². The third kappa shape index (κ3) is 1.54. The van der Waals surface area contributed by atoms with E-state index in [9.17, 15) is 4.39 Å². The standard InChI is InChI=1S/C10H8FN3/c11-8-4-2-1-3-7(8)10-13-6-5-9(12)14-10/h1-6H,(H2,12,13,14). The van der Waals surface area contributed by atoms with Crippen LogP contribution in [0.3, 0.4) is 0 Å². The van der Waals surface area contributed by atoms with Gasteiger partial charge in [0.2, 0.25) is 0 Å². The quantitative estimate of drug-likeness (QED) is 0.744. The smallest absolute Gasteiger partial charge is 0.164 e. The van der Waals surface area contributed by atoms with Crippen molar-refractivity contribution in [2.75, 3.05) is 5.73 Å². The summed E-state index contributed by atoms with van der Waals surface area (Å²) in [6, 6.07) is 7.88. The van der Waals surface area contributed by atoms with Crippen LogP contribution in [0.1, 0.15) is 0 Å². The molecule has 2 aromatic rings. The number of nitrogens with zero attached hydrogens (tertiary/aromatic N) is 2. The monoisotopic (exact) mass is 189 g/mol. The van der Waals surface area contributed by atoms with E-state index in [1.54, 1.807) is 24.3 Å². The van der Waals surface area contributed by atoms with Gasteiger partial charge in [0.1, 0.15) is 11.6 Å². The van der Waals surface area contributed by atoms with Crippen molar-refractivity contribution >= 4 is 5.82 Å². The zero-order valence-corrected chi connectivity index (χ0v) is 7.31. The van der Waals surface area contributed by atoms with E-state index in [2.05, 4.69) is 9.97 Å². The zero-order chi connectivity index (χ0) is 9.97. The van der Waals surface area contributed by atoms with Gasteiger partial charge in [0.05, 0.1) is 5.56 Å². The van der Waals surface area contributed by atoms with E-state index in [0.29, 0.717) is 17.2 Å². The molecular formula is C10H8FN3.